The Labute approximate surface area is 157 Å². The first kappa shape index (κ1) is 18.1. The predicted octanol–water partition coefficient (Wildman–Crippen LogP) is 3.96. The van der Waals surface area contributed by atoms with Crippen LogP contribution in [0, 0.1) is 0 Å². The Morgan fingerprint density at radius 2 is 2.08 bits per heavy atom. The summed E-state index contributed by atoms with van der Waals surface area (Å²) in [5.41, 5.74) is 8.76. The van der Waals surface area contributed by atoms with Gasteiger partial charge in [-0.15, -0.1) is 0 Å². The molecule has 1 atom stereocenters. The molecule has 4 nitrogen and oxygen atoms in total. The number of fused-ring (bicyclic) bond motifs is 1. The molecule has 0 saturated heterocycles. The van der Waals surface area contributed by atoms with Gasteiger partial charge in [-0.2, -0.15) is 0 Å². The van der Waals surface area contributed by atoms with E-state index in [2.05, 4.69) is 11.9 Å². The highest BCUT2D eigenvalue weighted by atomic mass is 35.5. The number of aromatic hydroxyl groups is 1. The van der Waals surface area contributed by atoms with E-state index in [9.17, 15) is 9.90 Å². The Balaban J connectivity index is 1.83. The van der Waals surface area contributed by atoms with Gasteiger partial charge in [-0.1, -0.05) is 29.3 Å². The smallest absolute Gasteiger partial charge is 0.252 e. The lowest BCUT2D eigenvalue weighted by Gasteiger charge is -2.33. The number of carbonyl (C=O) groups excluding carboxylic acids is 1. The van der Waals surface area contributed by atoms with Gasteiger partial charge in [0.15, 0.2) is 0 Å². The van der Waals surface area contributed by atoms with E-state index in [0.717, 1.165) is 37.1 Å². The summed E-state index contributed by atoms with van der Waals surface area (Å²) < 4.78 is 0. The van der Waals surface area contributed by atoms with Crippen LogP contribution in [0.1, 0.15) is 39.4 Å². The number of halogens is 2. The molecule has 0 fully saturated rings. The maximum atomic E-state index is 11.4. The van der Waals surface area contributed by atoms with E-state index in [4.69, 9.17) is 28.9 Å². The van der Waals surface area contributed by atoms with Crippen molar-refractivity contribution in [2.75, 3.05) is 13.6 Å². The second-order valence-corrected chi connectivity index (χ2v) is 7.45. The van der Waals surface area contributed by atoms with Gasteiger partial charge in [0, 0.05) is 23.1 Å². The average Bonchev–Trinajstić information content (AvgIpc) is 2.54. The van der Waals surface area contributed by atoms with Crippen LogP contribution in [0.5, 0.6) is 5.75 Å². The number of amides is 1. The third kappa shape index (κ3) is 3.92. The van der Waals surface area contributed by atoms with E-state index in [0.29, 0.717) is 16.0 Å². The van der Waals surface area contributed by atoms with Crippen LogP contribution >= 0.6 is 23.2 Å². The Kier molecular flexibility index (Phi) is 5.23. The highest BCUT2D eigenvalue weighted by Gasteiger charge is 2.25. The van der Waals surface area contributed by atoms with Gasteiger partial charge in [0.05, 0.1) is 5.56 Å². The van der Waals surface area contributed by atoms with Crippen LogP contribution < -0.4 is 5.73 Å². The van der Waals surface area contributed by atoms with Crippen LogP contribution in [0.4, 0.5) is 0 Å². The topological polar surface area (TPSA) is 66.6 Å². The zero-order chi connectivity index (χ0) is 18.1. The van der Waals surface area contributed by atoms with E-state index < -0.39 is 5.91 Å². The number of hydrogen-bond donors (Lipinski definition) is 2. The Morgan fingerprint density at radius 3 is 2.80 bits per heavy atom. The molecule has 25 heavy (non-hydrogen) atoms. The number of aryl methyl sites for hydroxylation is 1. The number of rotatable bonds is 4. The van der Waals surface area contributed by atoms with Crippen LogP contribution in [-0.4, -0.2) is 29.5 Å². The fourth-order valence-electron chi connectivity index (χ4n) is 3.49. The second kappa shape index (κ2) is 7.24. The molecular weight excluding hydrogens is 359 g/mol. The van der Waals surface area contributed by atoms with Crippen LogP contribution in [0.15, 0.2) is 30.3 Å². The molecule has 2 aromatic rings. The van der Waals surface area contributed by atoms with Crippen LogP contribution in [0.25, 0.3) is 0 Å². The molecule has 1 unspecified atom stereocenters. The summed E-state index contributed by atoms with van der Waals surface area (Å²) in [4.78, 5) is 13.6. The molecule has 0 bridgehead atoms. The number of primary amides is 1. The van der Waals surface area contributed by atoms with Crippen molar-refractivity contribution in [2.24, 2.45) is 5.73 Å². The number of benzene rings is 2. The van der Waals surface area contributed by atoms with Gasteiger partial charge in [0.1, 0.15) is 5.75 Å². The fraction of sp³-hybridized carbons (Fsp3) is 0.316. The van der Waals surface area contributed by atoms with E-state index in [1.165, 1.54) is 11.6 Å². The van der Waals surface area contributed by atoms with E-state index in [-0.39, 0.29) is 11.3 Å². The minimum absolute atomic E-state index is 0.0856. The monoisotopic (exact) mass is 378 g/mol. The summed E-state index contributed by atoms with van der Waals surface area (Å²) in [6.45, 7) is 1.73. The van der Waals surface area contributed by atoms with Crippen LogP contribution in [0.3, 0.4) is 0 Å². The maximum absolute atomic E-state index is 11.4. The third-order valence-corrected chi connectivity index (χ3v) is 5.26. The van der Waals surface area contributed by atoms with Crippen molar-refractivity contribution in [2.45, 2.75) is 25.3 Å². The highest BCUT2D eigenvalue weighted by molar-refractivity contribution is 6.35. The van der Waals surface area contributed by atoms with E-state index in [1.807, 2.05) is 12.1 Å². The van der Waals surface area contributed by atoms with Gasteiger partial charge < -0.3 is 15.7 Å². The lowest BCUT2D eigenvalue weighted by atomic mass is 9.85. The number of nitrogens with two attached hydrogens (primary N) is 1. The van der Waals surface area contributed by atoms with Gasteiger partial charge in [0.2, 0.25) is 0 Å². The van der Waals surface area contributed by atoms with E-state index in [1.54, 1.807) is 12.1 Å². The molecule has 3 N–H and O–H groups in total. The highest BCUT2D eigenvalue weighted by Crippen LogP contribution is 2.37. The minimum Gasteiger partial charge on any atom is -0.507 e. The number of nitrogens with zero attached hydrogens (tertiary/aromatic N) is 1. The molecule has 1 aliphatic rings. The summed E-state index contributed by atoms with van der Waals surface area (Å²) in [5, 5.41) is 11.1. The summed E-state index contributed by atoms with van der Waals surface area (Å²) in [7, 11) is 2.08. The molecule has 1 amide bonds. The molecule has 1 aliphatic heterocycles. The molecular formula is C19H20Cl2N2O2. The lowest BCUT2D eigenvalue weighted by Crippen LogP contribution is -2.31. The minimum atomic E-state index is -0.624. The first-order chi connectivity index (χ1) is 11.8. The zero-order valence-corrected chi connectivity index (χ0v) is 15.4. The first-order valence-corrected chi connectivity index (χ1v) is 8.88. The first-order valence-electron chi connectivity index (χ1n) is 8.13. The molecule has 0 aliphatic carbocycles. The van der Waals surface area contributed by atoms with Crippen molar-refractivity contribution in [3.63, 3.8) is 0 Å². The predicted molar refractivity (Wildman–Crippen MR) is 100 cm³/mol. The number of phenols is 1. The third-order valence-electron chi connectivity index (χ3n) is 4.70. The van der Waals surface area contributed by atoms with Crippen LogP contribution in [-0.2, 0) is 13.0 Å². The van der Waals surface area contributed by atoms with Crippen molar-refractivity contribution in [1.82, 2.24) is 4.90 Å². The Bertz CT molecular complexity index is 823. The van der Waals surface area contributed by atoms with Crippen molar-refractivity contribution in [3.8, 4) is 5.75 Å². The van der Waals surface area contributed by atoms with Crippen molar-refractivity contribution in [1.29, 1.82) is 0 Å². The standard InChI is InChI=1S/C19H20Cl2N2O2/c1-23-9-12(14-7-13(20)8-17(21)16(14)10-23)4-2-11-3-5-18(24)15(6-11)19(22)25/h3,5-8,12,24H,2,4,9-10H2,1H3,(H2,22,25). The zero-order valence-electron chi connectivity index (χ0n) is 13.9. The lowest BCUT2D eigenvalue weighted by molar-refractivity contribution is 0.0997. The molecule has 3 rings (SSSR count). The Morgan fingerprint density at radius 1 is 1.32 bits per heavy atom. The summed E-state index contributed by atoms with van der Waals surface area (Å²) >= 11 is 12.6. The Hall–Kier alpha value is -1.75. The molecule has 2 aromatic carbocycles. The fourth-order valence-corrected chi connectivity index (χ4v) is 4.06. The van der Waals surface area contributed by atoms with Gasteiger partial charge in [0.25, 0.3) is 5.91 Å². The van der Waals surface area contributed by atoms with Gasteiger partial charge in [-0.3, -0.25) is 4.79 Å². The molecule has 0 saturated carbocycles. The molecule has 132 valence electrons. The van der Waals surface area contributed by atoms with Crippen LogP contribution in [0.2, 0.25) is 10.0 Å². The molecule has 0 radical (unpaired) electrons. The van der Waals surface area contributed by atoms with E-state index >= 15 is 0 Å². The normalized spacial score (nSPS) is 17.3. The number of carbonyl (C=O) groups is 1. The molecule has 0 aromatic heterocycles. The summed E-state index contributed by atoms with van der Waals surface area (Å²) in [6.07, 6.45) is 1.65. The van der Waals surface area contributed by atoms with Gasteiger partial charge in [-0.25, -0.2) is 0 Å². The van der Waals surface area contributed by atoms with Gasteiger partial charge >= 0.3 is 0 Å². The van der Waals surface area contributed by atoms with Crippen molar-refractivity contribution in [3.05, 3.63) is 62.6 Å². The molecule has 1 heterocycles. The SMILES string of the molecule is CN1Cc2c(Cl)cc(Cl)cc2C(CCc2ccc(O)c(C(N)=O)c2)C1. The number of likely N-dealkylation sites (N-methyl/N-ethyl adjacent to an activating group) is 1. The number of hydrogen-bond acceptors (Lipinski definition) is 3. The average molecular weight is 379 g/mol. The summed E-state index contributed by atoms with van der Waals surface area (Å²) in [6, 6.07) is 8.80. The van der Waals surface area contributed by atoms with Crippen molar-refractivity contribution >= 4 is 29.1 Å². The van der Waals surface area contributed by atoms with Gasteiger partial charge in [-0.05, 0) is 66.8 Å². The molecule has 0 spiro atoms. The largest absolute Gasteiger partial charge is 0.507 e. The molecule has 6 heteroatoms. The van der Waals surface area contributed by atoms with Crippen molar-refractivity contribution < 1.29 is 9.90 Å². The maximum Gasteiger partial charge on any atom is 0.252 e. The quantitative estimate of drug-likeness (QED) is 0.845. The summed E-state index contributed by atoms with van der Waals surface area (Å²) in [5.74, 6) is -0.408. The second-order valence-electron chi connectivity index (χ2n) is 6.60.